The molecule has 0 bridgehead atoms. The van der Waals surface area contributed by atoms with Crippen LogP contribution in [0.25, 0.3) is 0 Å². The van der Waals surface area contributed by atoms with E-state index < -0.39 is 6.04 Å². The van der Waals surface area contributed by atoms with Crippen LogP contribution in [-0.4, -0.2) is 48.5 Å². The number of carbonyl (C=O) groups excluding carboxylic acids is 2. The van der Waals surface area contributed by atoms with Gasteiger partial charge in [-0.1, -0.05) is 18.2 Å². The Bertz CT molecular complexity index is 552. The van der Waals surface area contributed by atoms with Gasteiger partial charge < -0.3 is 15.5 Å². The van der Waals surface area contributed by atoms with Crippen LogP contribution in [0.4, 0.5) is 5.69 Å². The van der Waals surface area contributed by atoms with Crippen molar-refractivity contribution in [3.05, 3.63) is 30.3 Å². The molecule has 0 saturated carbocycles. The molecule has 2 unspecified atom stereocenters. The van der Waals surface area contributed by atoms with E-state index in [-0.39, 0.29) is 30.3 Å². The fourth-order valence-electron chi connectivity index (χ4n) is 3.10. The van der Waals surface area contributed by atoms with Crippen molar-refractivity contribution in [1.82, 2.24) is 10.6 Å². The van der Waals surface area contributed by atoms with Crippen LogP contribution in [0.15, 0.2) is 30.3 Å². The maximum absolute atomic E-state index is 12.6. The minimum atomic E-state index is -0.396. The zero-order valence-electron chi connectivity index (χ0n) is 13.6. The Kier molecular flexibility index (Phi) is 7.40. The van der Waals surface area contributed by atoms with Gasteiger partial charge in [-0.05, 0) is 25.0 Å². The lowest BCUT2D eigenvalue weighted by Gasteiger charge is -2.33. The minimum absolute atomic E-state index is 0. The summed E-state index contributed by atoms with van der Waals surface area (Å²) in [4.78, 5) is 26.7. The van der Waals surface area contributed by atoms with E-state index >= 15 is 0 Å². The second kappa shape index (κ2) is 9.30. The summed E-state index contributed by atoms with van der Waals surface area (Å²) in [6.45, 7) is 1.67. The van der Waals surface area contributed by atoms with E-state index in [2.05, 4.69) is 10.6 Å². The van der Waals surface area contributed by atoms with Crippen LogP contribution in [0.1, 0.15) is 19.3 Å². The molecule has 2 saturated heterocycles. The number of piperidine rings is 1. The minimum Gasteiger partial charge on any atom is -0.344 e. The van der Waals surface area contributed by atoms with Crippen molar-refractivity contribution in [1.29, 1.82) is 0 Å². The summed E-state index contributed by atoms with van der Waals surface area (Å²) < 4.78 is 0. The second-order valence-corrected chi connectivity index (χ2v) is 7.17. The molecule has 1 aromatic carbocycles. The van der Waals surface area contributed by atoms with Gasteiger partial charge in [0, 0.05) is 42.7 Å². The van der Waals surface area contributed by atoms with Crippen LogP contribution in [0.5, 0.6) is 0 Å². The van der Waals surface area contributed by atoms with Gasteiger partial charge in [-0.25, -0.2) is 0 Å². The zero-order chi connectivity index (χ0) is 16.1. The summed E-state index contributed by atoms with van der Waals surface area (Å²) in [6.07, 6.45) is 2.08. The number of amides is 2. The number of carbonyl (C=O) groups is 2. The van der Waals surface area contributed by atoms with Gasteiger partial charge in [-0.15, -0.1) is 12.4 Å². The van der Waals surface area contributed by atoms with Gasteiger partial charge in [0.05, 0.1) is 0 Å². The fraction of sp³-hybridized carbons (Fsp3) is 0.529. The van der Waals surface area contributed by atoms with Crippen LogP contribution in [-0.2, 0) is 9.59 Å². The fourth-order valence-corrected chi connectivity index (χ4v) is 4.05. The van der Waals surface area contributed by atoms with Crippen LogP contribution in [0.3, 0.4) is 0 Å². The quantitative estimate of drug-likeness (QED) is 0.849. The van der Waals surface area contributed by atoms with Crippen LogP contribution in [0, 0.1) is 0 Å². The molecule has 132 valence electrons. The standard InChI is InChI=1S/C17H23N3O2S.ClH/c21-16(11-13-12-23-10-8-18-13)19-15-7-4-9-20(17(15)22)14-5-2-1-3-6-14;/h1-3,5-6,13,15,18H,4,7-12H2,(H,19,21);1H. The van der Waals surface area contributed by atoms with Gasteiger partial charge in [0.2, 0.25) is 11.8 Å². The average molecular weight is 370 g/mol. The molecule has 24 heavy (non-hydrogen) atoms. The highest BCUT2D eigenvalue weighted by atomic mass is 35.5. The molecule has 2 heterocycles. The van der Waals surface area contributed by atoms with Crippen molar-refractivity contribution in [2.24, 2.45) is 0 Å². The molecule has 3 rings (SSSR count). The van der Waals surface area contributed by atoms with E-state index in [9.17, 15) is 9.59 Å². The zero-order valence-corrected chi connectivity index (χ0v) is 15.2. The maximum Gasteiger partial charge on any atom is 0.249 e. The van der Waals surface area contributed by atoms with Crippen LogP contribution >= 0.6 is 24.2 Å². The molecule has 2 amide bonds. The molecule has 2 N–H and O–H groups in total. The van der Waals surface area contributed by atoms with E-state index in [0.29, 0.717) is 6.42 Å². The summed E-state index contributed by atoms with van der Waals surface area (Å²) in [7, 11) is 0. The number of benzene rings is 1. The number of halogens is 1. The van der Waals surface area contributed by atoms with Gasteiger partial charge in [-0.3, -0.25) is 9.59 Å². The number of nitrogens with one attached hydrogen (secondary N) is 2. The van der Waals surface area contributed by atoms with Crippen molar-refractivity contribution in [2.75, 3.05) is 29.5 Å². The summed E-state index contributed by atoms with van der Waals surface area (Å²) in [5.41, 5.74) is 0.904. The lowest BCUT2D eigenvalue weighted by atomic mass is 10.0. The van der Waals surface area contributed by atoms with Gasteiger partial charge in [0.15, 0.2) is 0 Å². The topological polar surface area (TPSA) is 61.4 Å². The maximum atomic E-state index is 12.6. The lowest BCUT2D eigenvalue weighted by Crippen LogP contribution is -2.53. The average Bonchev–Trinajstić information content (AvgIpc) is 2.58. The van der Waals surface area contributed by atoms with Crippen molar-refractivity contribution in [3.63, 3.8) is 0 Å². The smallest absolute Gasteiger partial charge is 0.249 e. The third-order valence-electron chi connectivity index (χ3n) is 4.27. The molecule has 0 aromatic heterocycles. The summed E-state index contributed by atoms with van der Waals surface area (Å²) in [6, 6.07) is 9.49. The van der Waals surface area contributed by atoms with Crippen molar-refractivity contribution in [3.8, 4) is 0 Å². The Morgan fingerprint density at radius 1 is 1.33 bits per heavy atom. The Labute approximate surface area is 153 Å². The molecule has 2 aliphatic rings. The van der Waals surface area contributed by atoms with Crippen molar-refractivity contribution >= 4 is 41.7 Å². The predicted molar refractivity (Wildman–Crippen MR) is 101 cm³/mol. The van der Waals surface area contributed by atoms with Gasteiger partial charge in [-0.2, -0.15) is 11.8 Å². The first-order chi connectivity index (χ1) is 11.2. The second-order valence-electron chi connectivity index (χ2n) is 6.02. The Hall–Kier alpha value is -1.24. The monoisotopic (exact) mass is 369 g/mol. The van der Waals surface area contributed by atoms with Crippen molar-refractivity contribution in [2.45, 2.75) is 31.3 Å². The third-order valence-corrected chi connectivity index (χ3v) is 5.40. The number of rotatable bonds is 4. The highest BCUT2D eigenvalue weighted by Crippen LogP contribution is 2.21. The Morgan fingerprint density at radius 2 is 2.12 bits per heavy atom. The largest absolute Gasteiger partial charge is 0.344 e. The Morgan fingerprint density at radius 3 is 2.83 bits per heavy atom. The van der Waals surface area contributed by atoms with E-state index in [1.54, 1.807) is 4.90 Å². The molecular weight excluding hydrogens is 346 g/mol. The van der Waals surface area contributed by atoms with E-state index in [1.165, 1.54) is 0 Å². The molecule has 2 aliphatic heterocycles. The predicted octanol–water partition coefficient (Wildman–Crippen LogP) is 1.82. The normalized spacial score (nSPS) is 24.2. The molecule has 1 aromatic rings. The first-order valence-electron chi connectivity index (χ1n) is 8.21. The Balaban J connectivity index is 0.00000208. The number of hydrogen-bond acceptors (Lipinski definition) is 4. The number of hydrogen-bond donors (Lipinski definition) is 2. The SMILES string of the molecule is Cl.O=C(CC1CSCCN1)NC1CCCN(c2ccccc2)C1=O. The highest BCUT2D eigenvalue weighted by Gasteiger charge is 2.31. The summed E-state index contributed by atoms with van der Waals surface area (Å²) in [5, 5.41) is 6.29. The first-order valence-corrected chi connectivity index (χ1v) is 9.36. The van der Waals surface area contributed by atoms with Gasteiger partial charge >= 0.3 is 0 Å². The molecule has 2 fully saturated rings. The third kappa shape index (κ3) is 4.88. The highest BCUT2D eigenvalue weighted by molar-refractivity contribution is 7.99. The molecule has 2 atom stereocenters. The molecule has 0 spiro atoms. The number of anilines is 1. The van der Waals surface area contributed by atoms with Gasteiger partial charge in [0.25, 0.3) is 0 Å². The van der Waals surface area contributed by atoms with E-state index in [4.69, 9.17) is 0 Å². The molecule has 7 heteroatoms. The van der Waals surface area contributed by atoms with Gasteiger partial charge in [0.1, 0.15) is 6.04 Å². The van der Waals surface area contributed by atoms with Crippen LogP contribution < -0.4 is 15.5 Å². The van der Waals surface area contributed by atoms with Crippen LogP contribution in [0.2, 0.25) is 0 Å². The summed E-state index contributed by atoms with van der Waals surface area (Å²) >= 11 is 1.87. The molecule has 0 radical (unpaired) electrons. The lowest BCUT2D eigenvalue weighted by molar-refractivity contribution is -0.128. The molecule has 0 aliphatic carbocycles. The first kappa shape index (κ1) is 19.1. The number of nitrogens with zero attached hydrogens (tertiary/aromatic N) is 1. The molecular formula is C17H24ClN3O2S. The van der Waals surface area contributed by atoms with E-state index in [0.717, 1.165) is 43.1 Å². The summed E-state index contributed by atoms with van der Waals surface area (Å²) in [5.74, 6) is 2.04. The number of para-hydroxylation sites is 1. The van der Waals surface area contributed by atoms with E-state index in [1.807, 2.05) is 42.1 Å². The molecule has 5 nitrogen and oxygen atoms in total. The number of thioether (sulfide) groups is 1. The van der Waals surface area contributed by atoms with Crippen molar-refractivity contribution < 1.29 is 9.59 Å².